The van der Waals surface area contributed by atoms with Crippen molar-refractivity contribution in [2.45, 2.75) is 32.5 Å². The zero-order chi connectivity index (χ0) is 22.1. The average molecular weight is 417 g/mol. The Labute approximate surface area is 183 Å². The van der Waals surface area contributed by atoms with Crippen molar-refractivity contribution in [3.8, 4) is 5.75 Å². The third kappa shape index (κ3) is 5.95. The van der Waals surface area contributed by atoms with Gasteiger partial charge in [0, 0.05) is 19.5 Å². The summed E-state index contributed by atoms with van der Waals surface area (Å²) in [4.78, 5) is 27.9. The van der Waals surface area contributed by atoms with Crippen molar-refractivity contribution in [2.75, 3.05) is 7.11 Å². The Morgan fingerprint density at radius 2 is 1.48 bits per heavy atom. The Kier molecular flexibility index (Phi) is 7.82. The molecule has 3 aromatic rings. The minimum atomic E-state index is -0.716. The van der Waals surface area contributed by atoms with Gasteiger partial charge in [-0.2, -0.15) is 0 Å². The minimum absolute atomic E-state index is 0.0719. The zero-order valence-corrected chi connectivity index (χ0v) is 18.0. The number of hydrogen-bond donors (Lipinski definition) is 1. The Bertz CT molecular complexity index is 973. The molecule has 0 radical (unpaired) electrons. The molecule has 2 amide bonds. The van der Waals surface area contributed by atoms with E-state index in [4.69, 9.17) is 4.74 Å². The molecule has 31 heavy (non-hydrogen) atoms. The third-order valence-electron chi connectivity index (χ3n) is 5.12. The summed E-state index contributed by atoms with van der Waals surface area (Å²) in [5.41, 5.74) is 2.72. The first kappa shape index (κ1) is 22.1. The molecule has 1 atom stereocenters. The van der Waals surface area contributed by atoms with Gasteiger partial charge in [0.15, 0.2) is 0 Å². The average Bonchev–Trinajstić information content (AvgIpc) is 2.83. The molecule has 0 aliphatic rings. The summed E-state index contributed by atoms with van der Waals surface area (Å²) in [5, 5.41) is 3.01. The molecule has 5 heteroatoms. The van der Waals surface area contributed by atoms with Crippen LogP contribution in [0.1, 0.15) is 36.1 Å². The van der Waals surface area contributed by atoms with Gasteiger partial charge in [-0.1, -0.05) is 79.7 Å². The number of hydrogen-bond acceptors (Lipinski definition) is 3. The molecule has 0 aromatic heterocycles. The van der Waals surface area contributed by atoms with Crippen LogP contribution < -0.4 is 10.1 Å². The molecule has 1 N–H and O–H groups in total. The Morgan fingerprint density at radius 3 is 2.06 bits per heavy atom. The summed E-state index contributed by atoms with van der Waals surface area (Å²) >= 11 is 0. The number of carbonyl (C=O) groups is 2. The molecule has 0 saturated heterocycles. The highest BCUT2D eigenvalue weighted by atomic mass is 16.5. The fraction of sp³-hybridized carbons (Fsp3) is 0.231. The summed E-state index contributed by atoms with van der Waals surface area (Å²) in [6, 6.07) is 26.0. The van der Waals surface area contributed by atoms with Gasteiger partial charge in [-0.15, -0.1) is 0 Å². The summed E-state index contributed by atoms with van der Waals surface area (Å²) in [5.74, 6) is 0.483. The lowest BCUT2D eigenvalue weighted by molar-refractivity contribution is -0.141. The summed E-state index contributed by atoms with van der Waals surface area (Å²) in [7, 11) is 1.62. The van der Waals surface area contributed by atoms with Crippen LogP contribution in [0, 0.1) is 0 Å². The predicted molar refractivity (Wildman–Crippen MR) is 121 cm³/mol. The number of methoxy groups -OCH3 is 1. The second-order valence-electron chi connectivity index (χ2n) is 7.24. The Hall–Kier alpha value is -3.60. The van der Waals surface area contributed by atoms with E-state index in [-0.39, 0.29) is 11.8 Å². The van der Waals surface area contributed by atoms with Crippen LogP contribution in [0.3, 0.4) is 0 Å². The van der Waals surface area contributed by atoms with Crippen LogP contribution in [-0.4, -0.2) is 23.8 Å². The highest BCUT2D eigenvalue weighted by Gasteiger charge is 2.30. The molecular weight excluding hydrogens is 388 g/mol. The van der Waals surface area contributed by atoms with E-state index in [0.29, 0.717) is 19.5 Å². The van der Waals surface area contributed by atoms with Crippen molar-refractivity contribution >= 4 is 11.8 Å². The molecular formula is C26H28N2O3. The Morgan fingerprint density at radius 1 is 0.871 bits per heavy atom. The van der Waals surface area contributed by atoms with Crippen molar-refractivity contribution in [3.05, 3.63) is 102 Å². The third-order valence-corrected chi connectivity index (χ3v) is 5.12. The quantitative estimate of drug-likeness (QED) is 0.559. The van der Waals surface area contributed by atoms with E-state index < -0.39 is 6.04 Å². The van der Waals surface area contributed by atoms with Gasteiger partial charge in [0.1, 0.15) is 11.8 Å². The van der Waals surface area contributed by atoms with Gasteiger partial charge in [-0.25, -0.2) is 0 Å². The molecule has 0 aliphatic carbocycles. The molecule has 0 aliphatic heterocycles. The molecule has 0 bridgehead atoms. The SMILES string of the molecule is CCC(=O)N(Cc1ccccc1)C(C(=O)NCc1ccc(OC)cc1)c1ccccc1. The van der Waals surface area contributed by atoms with E-state index in [9.17, 15) is 9.59 Å². The molecule has 0 fully saturated rings. The number of nitrogens with one attached hydrogen (secondary N) is 1. The van der Waals surface area contributed by atoms with Crippen LogP contribution in [0.5, 0.6) is 5.75 Å². The molecule has 1 unspecified atom stereocenters. The van der Waals surface area contributed by atoms with Crippen molar-refractivity contribution in [2.24, 2.45) is 0 Å². The van der Waals surface area contributed by atoms with E-state index >= 15 is 0 Å². The van der Waals surface area contributed by atoms with Crippen molar-refractivity contribution in [1.29, 1.82) is 0 Å². The van der Waals surface area contributed by atoms with Crippen molar-refractivity contribution < 1.29 is 14.3 Å². The Balaban J connectivity index is 1.86. The first-order valence-corrected chi connectivity index (χ1v) is 10.4. The van der Waals surface area contributed by atoms with E-state index in [1.807, 2.05) is 91.9 Å². The largest absolute Gasteiger partial charge is 0.497 e. The summed E-state index contributed by atoms with van der Waals surface area (Å²) < 4.78 is 5.19. The van der Waals surface area contributed by atoms with Gasteiger partial charge in [0.25, 0.3) is 0 Å². The molecule has 0 saturated carbocycles. The van der Waals surface area contributed by atoms with Crippen LogP contribution in [-0.2, 0) is 22.7 Å². The molecule has 5 nitrogen and oxygen atoms in total. The summed E-state index contributed by atoms with van der Waals surface area (Å²) in [6.45, 7) is 2.55. The second kappa shape index (κ2) is 11.0. The number of ether oxygens (including phenoxy) is 1. The first-order valence-electron chi connectivity index (χ1n) is 10.4. The maximum Gasteiger partial charge on any atom is 0.247 e. The van der Waals surface area contributed by atoms with Crippen molar-refractivity contribution in [3.63, 3.8) is 0 Å². The number of carbonyl (C=O) groups excluding carboxylic acids is 2. The number of benzene rings is 3. The second-order valence-corrected chi connectivity index (χ2v) is 7.24. The monoisotopic (exact) mass is 416 g/mol. The van der Waals surface area contributed by atoms with Gasteiger partial charge in [-0.05, 0) is 28.8 Å². The topological polar surface area (TPSA) is 58.6 Å². The van der Waals surface area contributed by atoms with Crippen LogP contribution in [0.15, 0.2) is 84.9 Å². The smallest absolute Gasteiger partial charge is 0.247 e. The highest BCUT2D eigenvalue weighted by Crippen LogP contribution is 2.25. The maximum absolute atomic E-state index is 13.4. The van der Waals surface area contributed by atoms with E-state index in [1.54, 1.807) is 12.0 Å². The standard InChI is InChI=1S/C26H28N2O3/c1-3-24(29)28(19-21-10-6-4-7-11-21)25(22-12-8-5-9-13-22)26(30)27-18-20-14-16-23(31-2)17-15-20/h4-17,25H,3,18-19H2,1-2H3,(H,27,30). The molecule has 3 aromatic carbocycles. The van der Waals surface area contributed by atoms with E-state index in [1.165, 1.54) is 0 Å². The number of nitrogens with zero attached hydrogens (tertiary/aromatic N) is 1. The molecule has 0 spiro atoms. The number of rotatable bonds is 9. The van der Waals surface area contributed by atoms with Gasteiger partial charge in [0.05, 0.1) is 7.11 Å². The lowest BCUT2D eigenvalue weighted by Crippen LogP contribution is -2.43. The van der Waals surface area contributed by atoms with E-state index in [2.05, 4.69) is 5.32 Å². The normalized spacial score (nSPS) is 11.4. The van der Waals surface area contributed by atoms with Gasteiger partial charge < -0.3 is 15.0 Å². The van der Waals surface area contributed by atoms with Gasteiger partial charge in [-0.3, -0.25) is 9.59 Å². The summed E-state index contributed by atoms with van der Waals surface area (Å²) in [6.07, 6.45) is 0.321. The van der Waals surface area contributed by atoms with Crippen LogP contribution in [0.4, 0.5) is 0 Å². The van der Waals surface area contributed by atoms with Crippen LogP contribution >= 0.6 is 0 Å². The highest BCUT2D eigenvalue weighted by molar-refractivity contribution is 5.88. The predicted octanol–water partition coefficient (Wildman–Crippen LogP) is 4.49. The lowest BCUT2D eigenvalue weighted by Gasteiger charge is -2.31. The van der Waals surface area contributed by atoms with E-state index in [0.717, 1.165) is 22.4 Å². The van der Waals surface area contributed by atoms with Gasteiger partial charge in [0.2, 0.25) is 11.8 Å². The fourth-order valence-corrected chi connectivity index (χ4v) is 3.44. The van der Waals surface area contributed by atoms with Crippen molar-refractivity contribution in [1.82, 2.24) is 10.2 Å². The van der Waals surface area contributed by atoms with Crippen LogP contribution in [0.2, 0.25) is 0 Å². The van der Waals surface area contributed by atoms with Crippen LogP contribution in [0.25, 0.3) is 0 Å². The fourth-order valence-electron chi connectivity index (χ4n) is 3.44. The minimum Gasteiger partial charge on any atom is -0.497 e. The zero-order valence-electron chi connectivity index (χ0n) is 18.0. The maximum atomic E-state index is 13.4. The number of amides is 2. The first-order chi connectivity index (χ1) is 15.1. The lowest BCUT2D eigenvalue weighted by atomic mass is 10.0. The molecule has 0 heterocycles. The van der Waals surface area contributed by atoms with Gasteiger partial charge >= 0.3 is 0 Å². The molecule has 160 valence electrons. The molecule has 3 rings (SSSR count).